The van der Waals surface area contributed by atoms with E-state index in [-0.39, 0.29) is 5.56 Å². The second-order valence-corrected chi connectivity index (χ2v) is 6.79. The van der Waals surface area contributed by atoms with Crippen LogP contribution in [-0.4, -0.2) is 53.9 Å². The highest BCUT2D eigenvalue weighted by Gasteiger charge is 2.21. The summed E-state index contributed by atoms with van der Waals surface area (Å²) in [5.74, 6) is 0. The molecule has 2 aromatic rings. The molecule has 26 heavy (non-hydrogen) atoms. The first-order valence-corrected chi connectivity index (χ1v) is 9.19. The van der Waals surface area contributed by atoms with E-state index in [1.165, 1.54) is 10.9 Å². The number of nitrogens with two attached hydrogens (primary N) is 1. The van der Waals surface area contributed by atoms with Crippen LogP contribution in [0.15, 0.2) is 35.3 Å². The number of aryl methyl sites for hydroxylation is 1. The van der Waals surface area contributed by atoms with Crippen molar-refractivity contribution in [2.24, 2.45) is 12.8 Å². The lowest BCUT2D eigenvalue weighted by Gasteiger charge is -2.36. The molecule has 1 aromatic heterocycles. The Hall–Kier alpha value is -2.09. The number of rotatable bonds is 6. The molecule has 140 valence electrons. The molecule has 0 bridgehead atoms. The summed E-state index contributed by atoms with van der Waals surface area (Å²) < 4.78 is 1.33. The van der Waals surface area contributed by atoms with Crippen LogP contribution < -0.4 is 21.5 Å². The first kappa shape index (κ1) is 18.7. The van der Waals surface area contributed by atoms with Crippen molar-refractivity contribution in [1.29, 1.82) is 0 Å². The lowest BCUT2D eigenvalue weighted by molar-refractivity contribution is 0.267. The molecule has 1 aliphatic rings. The molecule has 1 saturated heterocycles. The summed E-state index contributed by atoms with van der Waals surface area (Å²) in [5, 5.41) is 7.83. The molecular formula is C18H25ClN6O. The fourth-order valence-corrected chi connectivity index (χ4v) is 3.45. The van der Waals surface area contributed by atoms with Crippen molar-refractivity contribution in [3.63, 3.8) is 0 Å². The minimum atomic E-state index is -0.147. The van der Waals surface area contributed by atoms with Gasteiger partial charge in [0.05, 0.1) is 11.2 Å². The minimum absolute atomic E-state index is 0.147. The molecule has 8 heteroatoms. The monoisotopic (exact) mass is 376 g/mol. The molecule has 0 amide bonds. The molecule has 1 aromatic carbocycles. The second kappa shape index (κ2) is 8.53. The van der Waals surface area contributed by atoms with E-state index < -0.39 is 0 Å². The molecule has 1 fully saturated rings. The average Bonchev–Trinajstić information content (AvgIpc) is 2.67. The maximum Gasteiger partial charge on any atom is 0.291 e. The van der Waals surface area contributed by atoms with Crippen LogP contribution in [0, 0.1) is 0 Å². The fourth-order valence-electron chi connectivity index (χ4n) is 3.21. The van der Waals surface area contributed by atoms with Crippen LogP contribution in [0.25, 0.3) is 0 Å². The van der Waals surface area contributed by atoms with Crippen molar-refractivity contribution < 1.29 is 0 Å². The quantitative estimate of drug-likeness (QED) is 0.786. The highest BCUT2D eigenvalue weighted by Crippen LogP contribution is 2.21. The van der Waals surface area contributed by atoms with Gasteiger partial charge in [0, 0.05) is 58.5 Å². The van der Waals surface area contributed by atoms with E-state index in [0.717, 1.165) is 50.5 Å². The number of nitrogens with zero attached hydrogens (tertiary/aromatic N) is 4. The minimum Gasteiger partial charge on any atom is -0.383 e. The molecule has 3 rings (SSSR count). The Labute approximate surface area is 158 Å². The van der Waals surface area contributed by atoms with E-state index in [1.807, 2.05) is 18.2 Å². The Morgan fingerprint density at radius 3 is 2.69 bits per heavy atom. The third kappa shape index (κ3) is 4.17. The number of hydrogen-bond donors (Lipinski definition) is 2. The van der Waals surface area contributed by atoms with E-state index in [2.05, 4.69) is 26.3 Å². The zero-order chi connectivity index (χ0) is 18.5. The fraction of sp³-hybridized carbons (Fsp3) is 0.444. The molecule has 0 saturated carbocycles. The summed E-state index contributed by atoms with van der Waals surface area (Å²) in [6.45, 7) is 5.66. The molecule has 0 radical (unpaired) electrons. The summed E-state index contributed by atoms with van der Waals surface area (Å²) in [7, 11) is 1.64. The van der Waals surface area contributed by atoms with Crippen molar-refractivity contribution in [2.75, 3.05) is 49.5 Å². The van der Waals surface area contributed by atoms with Crippen LogP contribution in [0.5, 0.6) is 0 Å². The summed E-state index contributed by atoms with van der Waals surface area (Å²) in [4.78, 5) is 16.7. The lowest BCUT2D eigenvalue weighted by atomic mass is 10.2. The number of hydrogen-bond acceptors (Lipinski definition) is 6. The number of anilines is 2. The molecule has 3 N–H and O–H groups in total. The maximum absolute atomic E-state index is 12.3. The highest BCUT2D eigenvalue weighted by atomic mass is 35.5. The number of para-hydroxylation sites is 1. The normalized spacial score (nSPS) is 15.3. The largest absolute Gasteiger partial charge is 0.383 e. The van der Waals surface area contributed by atoms with Gasteiger partial charge in [-0.15, -0.1) is 0 Å². The molecule has 0 unspecified atom stereocenters. The third-order valence-corrected chi connectivity index (χ3v) is 5.01. The van der Waals surface area contributed by atoms with Crippen LogP contribution in [0.3, 0.4) is 0 Å². The van der Waals surface area contributed by atoms with Gasteiger partial charge in [0.15, 0.2) is 0 Å². The molecule has 0 spiro atoms. The Morgan fingerprint density at radius 2 is 1.96 bits per heavy atom. The van der Waals surface area contributed by atoms with E-state index in [9.17, 15) is 4.79 Å². The molecule has 0 aliphatic carbocycles. The predicted octanol–water partition coefficient (Wildman–Crippen LogP) is 1.13. The Balaban J connectivity index is 1.52. The number of piperazine rings is 1. The van der Waals surface area contributed by atoms with Crippen molar-refractivity contribution in [3.05, 3.63) is 51.4 Å². The Bertz CT molecular complexity index is 801. The van der Waals surface area contributed by atoms with Crippen molar-refractivity contribution >= 4 is 23.0 Å². The van der Waals surface area contributed by atoms with Gasteiger partial charge in [0.25, 0.3) is 5.56 Å². The SMILES string of the molecule is Cn1ncc(Cl)c(N2CCN(CCNc3ccccc3CN)CC2)c1=O. The summed E-state index contributed by atoms with van der Waals surface area (Å²) in [5.41, 5.74) is 8.40. The van der Waals surface area contributed by atoms with E-state index in [4.69, 9.17) is 17.3 Å². The average molecular weight is 377 g/mol. The predicted molar refractivity (Wildman–Crippen MR) is 106 cm³/mol. The smallest absolute Gasteiger partial charge is 0.291 e. The molecule has 7 nitrogen and oxygen atoms in total. The maximum atomic E-state index is 12.3. The number of aromatic nitrogens is 2. The number of nitrogens with one attached hydrogen (secondary N) is 1. The molecule has 0 atom stereocenters. The van der Waals surface area contributed by atoms with Gasteiger partial charge in [-0.25, -0.2) is 4.68 Å². The van der Waals surface area contributed by atoms with Gasteiger partial charge in [0.1, 0.15) is 5.69 Å². The van der Waals surface area contributed by atoms with Gasteiger partial charge in [0.2, 0.25) is 0 Å². The van der Waals surface area contributed by atoms with Gasteiger partial charge in [-0.05, 0) is 11.6 Å². The summed E-state index contributed by atoms with van der Waals surface area (Å²) in [6.07, 6.45) is 1.53. The first-order chi connectivity index (χ1) is 12.6. The van der Waals surface area contributed by atoms with Gasteiger partial charge in [-0.1, -0.05) is 29.8 Å². The van der Waals surface area contributed by atoms with Gasteiger partial charge < -0.3 is 16.0 Å². The van der Waals surface area contributed by atoms with Crippen molar-refractivity contribution in [3.8, 4) is 0 Å². The summed E-state index contributed by atoms with van der Waals surface area (Å²) in [6, 6.07) is 8.11. The van der Waals surface area contributed by atoms with Crippen LogP contribution in [0.2, 0.25) is 5.02 Å². The topological polar surface area (TPSA) is 79.4 Å². The Kier molecular flexibility index (Phi) is 6.13. The lowest BCUT2D eigenvalue weighted by Crippen LogP contribution is -2.49. The highest BCUT2D eigenvalue weighted by molar-refractivity contribution is 6.33. The van der Waals surface area contributed by atoms with Crippen molar-refractivity contribution in [1.82, 2.24) is 14.7 Å². The Morgan fingerprint density at radius 1 is 1.23 bits per heavy atom. The van der Waals surface area contributed by atoms with E-state index in [1.54, 1.807) is 7.05 Å². The van der Waals surface area contributed by atoms with Crippen molar-refractivity contribution in [2.45, 2.75) is 6.54 Å². The summed E-state index contributed by atoms with van der Waals surface area (Å²) >= 11 is 6.20. The van der Waals surface area contributed by atoms with Crippen LogP contribution in [0.1, 0.15) is 5.56 Å². The van der Waals surface area contributed by atoms with Crippen LogP contribution in [-0.2, 0) is 13.6 Å². The molecule has 1 aliphatic heterocycles. The van der Waals surface area contributed by atoms with Gasteiger partial charge in [-0.2, -0.15) is 5.10 Å². The third-order valence-electron chi connectivity index (χ3n) is 4.74. The zero-order valence-corrected chi connectivity index (χ0v) is 15.7. The van der Waals surface area contributed by atoms with E-state index >= 15 is 0 Å². The first-order valence-electron chi connectivity index (χ1n) is 8.81. The zero-order valence-electron chi connectivity index (χ0n) is 15.0. The van der Waals surface area contributed by atoms with Gasteiger partial charge >= 0.3 is 0 Å². The second-order valence-electron chi connectivity index (χ2n) is 6.39. The van der Waals surface area contributed by atoms with Crippen LogP contribution >= 0.6 is 11.6 Å². The van der Waals surface area contributed by atoms with Gasteiger partial charge in [-0.3, -0.25) is 9.69 Å². The molecular weight excluding hydrogens is 352 g/mol. The number of benzene rings is 1. The van der Waals surface area contributed by atoms with Crippen LogP contribution in [0.4, 0.5) is 11.4 Å². The molecule has 2 heterocycles. The number of halogens is 1. The van der Waals surface area contributed by atoms with E-state index in [0.29, 0.717) is 17.3 Å². The standard InChI is InChI=1S/C18H25ClN6O/c1-23-18(26)17(15(19)13-22-23)25-10-8-24(9-11-25)7-6-21-16-5-3-2-4-14(16)12-20/h2-5,13,21H,6-12,20H2,1H3.